The Labute approximate surface area is 176 Å². The molecule has 2 aliphatic rings. The number of alkyl halides is 2. The highest BCUT2D eigenvalue weighted by Crippen LogP contribution is 2.45. The maximum absolute atomic E-state index is 13.0. The van der Waals surface area contributed by atoms with Crippen LogP contribution in [0.3, 0.4) is 0 Å². The molecular weight excluding hydrogens is 402 g/mol. The molecule has 1 saturated heterocycles. The molecule has 1 saturated carbocycles. The summed E-state index contributed by atoms with van der Waals surface area (Å²) in [5.74, 6) is 1.14. The van der Waals surface area contributed by atoms with Gasteiger partial charge in [-0.1, -0.05) is 0 Å². The van der Waals surface area contributed by atoms with Gasteiger partial charge in [0.05, 0.1) is 23.8 Å². The Morgan fingerprint density at radius 3 is 2.81 bits per heavy atom. The van der Waals surface area contributed by atoms with E-state index >= 15 is 0 Å². The van der Waals surface area contributed by atoms with Crippen LogP contribution in [-0.4, -0.2) is 54.7 Å². The van der Waals surface area contributed by atoms with E-state index in [0.29, 0.717) is 34.4 Å². The Balaban J connectivity index is 1.30. The number of anilines is 1. The van der Waals surface area contributed by atoms with E-state index in [1.54, 1.807) is 23.8 Å². The van der Waals surface area contributed by atoms with Gasteiger partial charge in [-0.3, -0.25) is 0 Å². The summed E-state index contributed by atoms with van der Waals surface area (Å²) in [5.41, 5.74) is 4.09. The van der Waals surface area contributed by atoms with Gasteiger partial charge in [-0.25, -0.2) is 28.2 Å². The second-order valence-corrected chi connectivity index (χ2v) is 8.72. The lowest BCUT2D eigenvalue weighted by atomic mass is 9.62. The molecule has 0 atom stereocenters. The second-order valence-electron chi connectivity index (χ2n) is 8.72. The summed E-state index contributed by atoms with van der Waals surface area (Å²) >= 11 is 0. The number of halogens is 2. The largest absolute Gasteiger partial charge is 0.350 e. The van der Waals surface area contributed by atoms with Crippen LogP contribution < -0.4 is 10.6 Å². The molecule has 1 spiro atoms. The first-order valence-corrected chi connectivity index (χ1v) is 10.4. The van der Waals surface area contributed by atoms with Crippen molar-refractivity contribution in [2.24, 2.45) is 5.41 Å². The van der Waals surface area contributed by atoms with Crippen molar-refractivity contribution >= 4 is 22.6 Å². The van der Waals surface area contributed by atoms with E-state index in [-0.39, 0.29) is 0 Å². The molecule has 2 N–H and O–H groups in total. The Kier molecular flexibility index (Phi) is 4.01. The van der Waals surface area contributed by atoms with Crippen LogP contribution >= 0.6 is 0 Å². The third-order valence-electron chi connectivity index (χ3n) is 6.54. The van der Waals surface area contributed by atoms with Gasteiger partial charge in [0.25, 0.3) is 6.43 Å². The van der Waals surface area contributed by atoms with E-state index < -0.39 is 13.0 Å². The van der Waals surface area contributed by atoms with Gasteiger partial charge in [0.1, 0.15) is 5.82 Å². The van der Waals surface area contributed by atoms with Crippen LogP contribution in [0.25, 0.3) is 27.8 Å². The fourth-order valence-electron chi connectivity index (χ4n) is 4.88. The number of nitrogens with zero attached hydrogens (tertiary/aromatic N) is 6. The molecule has 0 unspecified atom stereocenters. The molecule has 1 aliphatic heterocycles. The molecule has 0 amide bonds. The van der Waals surface area contributed by atoms with E-state index in [9.17, 15) is 8.78 Å². The van der Waals surface area contributed by atoms with Gasteiger partial charge in [-0.05, 0) is 37.3 Å². The monoisotopic (exact) mass is 424 g/mol. The molecule has 1 aliphatic carbocycles. The Bertz CT molecular complexity index is 1280. The first kappa shape index (κ1) is 18.6. The summed E-state index contributed by atoms with van der Waals surface area (Å²) in [5, 5.41) is 11.4. The van der Waals surface area contributed by atoms with Crippen molar-refractivity contribution in [2.45, 2.75) is 38.8 Å². The van der Waals surface area contributed by atoms with Crippen molar-refractivity contribution in [1.82, 2.24) is 34.4 Å². The van der Waals surface area contributed by atoms with E-state index in [1.165, 1.54) is 4.57 Å². The van der Waals surface area contributed by atoms with Crippen LogP contribution in [0.5, 0.6) is 0 Å². The molecule has 160 valence electrons. The lowest BCUT2D eigenvalue weighted by Crippen LogP contribution is -2.63. The number of nitrogens with one attached hydrogen (secondary N) is 2. The first-order valence-electron chi connectivity index (χ1n) is 10.4. The van der Waals surface area contributed by atoms with E-state index in [2.05, 4.69) is 30.7 Å². The number of hydrogen-bond acceptors (Lipinski definition) is 6. The summed E-state index contributed by atoms with van der Waals surface area (Å²) in [7, 11) is 0. The van der Waals surface area contributed by atoms with Crippen LogP contribution in [0, 0.1) is 12.3 Å². The molecule has 0 radical (unpaired) electrons. The molecule has 4 aromatic heterocycles. The predicted molar refractivity (Wildman–Crippen MR) is 112 cm³/mol. The standard InChI is InChI=1S/C21H22F2N8/c1-12-27-19-16(30(12)9-18(22)23)4-13(7-25-19)15-2-3-31-17(15)8-26-20(29-31)28-14-5-21(6-14)10-24-11-21/h2-4,7-8,14,18,24H,5-6,9-11H2,1H3,(H,28,29). The highest BCUT2D eigenvalue weighted by atomic mass is 19.3. The topological polar surface area (TPSA) is 85.0 Å². The number of pyridine rings is 1. The maximum Gasteiger partial charge on any atom is 0.256 e. The average molecular weight is 424 g/mol. The highest BCUT2D eigenvalue weighted by molar-refractivity contribution is 5.85. The molecule has 0 bridgehead atoms. The number of aromatic nitrogens is 6. The summed E-state index contributed by atoms with van der Waals surface area (Å²) in [6.07, 6.45) is 5.22. The summed E-state index contributed by atoms with van der Waals surface area (Å²) in [6.45, 7) is 3.53. The molecule has 0 aromatic carbocycles. The Morgan fingerprint density at radius 1 is 1.23 bits per heavy atom. The molecule has 10 heteroatoms. The number of fused-ring (bicyclic) bond motifs is 2. The molecule has 6 rings (SSSR count). The van der Waals surface area contributed by atoms with Gasteiger partial charge in [-0.15, -0.1) is 5.10 Å². The van der Waals surface area contributed by atoms with Crippen LogP contribution in [-0.2, 0) is 6.54 Å². The molecule has 5 heterocycles. The fraction of sp³-hybridized carbons (Fsp3) is 0.429. The lowest BCUT2D eigenvalue weighted by Gasteiger charge is -2.54. The summed E-state index contributed by atoms with van der Waals surface area (Å²) < 4.78 is 29.3. The fourth-order valence-corrected chi connectivity index (χ4v) is 4.88. The third kappa shape index (κ3) is 3.04. The first-order chi connectivity index (χ1) is 15.0. The van der Waals surface area contributed by atoms with Crippen molar-refractivity contribution in [3.63, 3.8) is 0 Å². The van der Waals surface area contributed by atoms with Crippen LogP contribution in [0.1, 0.15) is 18.7 Å². The van der Waals surface area contributed by atoms with E-state index in [0.717, 1.165) is 42.6 Å². The van der Waals surface area contributed by atoms with Gasteiger partial charge < -0.3 is 15.2 Å². The number of hydrogen-bond donors (Lipinski definition) is 2. The molecule has 31 heavy (non-hydrogen) atoms. The summed E-state index contributed by atoms with van der Waals surface area (Å²) in [6, 6.07) is 4.21. The molecule has 8 nitrogen and oxygen atoms in total. The molecular formula is C21H22F2N8. The zero-order valence-electron chi connectivity index (χ0n) is 17.0. The Hall–Kier alpha value is -3.14. The summed E-state index contributed by atoms with van der Waals surface area (Å²) in [4.78, 5) is 13.2. The lowest BCUT2D eigenvalue weighted by molar-refractivity contribution is 0.0467. The minimum Gasteiger partial charge on any atom is -0.350 e. The maximum atomic E-state index is 13.0. The van der Waals surface area contributed by atoms with Crippen molar-refractivity contribution in [1.29, 1.82) is 0 Å². The van der Waals surface area contributed by atoms with Crippen molar-refractivity contribution < 1.29 is 8.78 Å². The zero-order chi connectivity index (χ0) is 21.2. The van der Waals surface area contributed by atoms with Gasteiger partial charge in [0, 0.05) is 42.7 Å². The van der Waals surface area contributed by atoms with Crippen molar-refractivity contribution in [3.05, 3.63) is 36.5 Å². The van der Waals surface area contributed by atoms with Gasteiger partial charge in [0.15, 0.2) is 5.65 Å². The van der Waals surface area contributed by atoms with Gasteiger partial charge in [-0.2, -0.15) is 0 Å². The minimum absolute atomic E-state index is 0.402. The molecule has 4 aromatic rings. The van der Waals surface area contributed by atoms with Gasteiger partial charge >= 0.3 is 0 Å². The second kappa shape index (κ2) is 6.68. The van der Waals surface area contributed by atoms with Gasteiger partial charge in [0.2, 0.25) is 5.95 Å². The van der Waals surface area contributed by atoms with Crippen molar-refractivity contribution in [2.75, 3.05) is 18.4 Å². The quantitative estimate of drug-likeness (QED) is 0.513. The van der Waals surface area contributed by atoms with Crippen LogP contribution in [0.4, 0.5) is 14.7 Å². The smallest absolute Gasteiger partial charge is 0.256 e. The van der Waals surface area contributed by atoms with Crippen LogP contribution in [0.15, 0.2) is 30.7 Å². The molecule has 2 fully saturated rings. The minimum atomic E-state index is -2.46. The van der Waals surface area contributed by atoms with E-state index in [1.807, 2.05) is 18.3 Å². The predicted octanol–water partition coefficient (Wildman–Crippen LogP) is 2.88. The zero-order valence-corrected chi connectivity index (χ0v) is 17.0. The Morgan fingerprint density at radius 2 is 2.06 bits per heavy atom. The average Bonchev–Trinajstić information content (AvgIpc) is 3.23. The normalized spacial score (nSPS) is 18.1. The number of aryl methyl sites for hydroxylation is 1. The number of rotatable bonds is 5. The van der Waals surface area contributed by atoms with Crippen LogP contribution in [0.2, 0.25) is 0 Å². The third-order valence-corrected chi connectivity index (χ3v) is 6.54. The van der Waals surface area contributed by atoms with Crippen molar-refractivity contribution in [3.8, 4) is 11.1 Å². The SMILES string of the molecule is Cc1nc2ncc(-c3ccn4nc(NC5CC6(CNC6)C5)ncc34)cc2n1CC(F)F. The number of imidazole rings is 1. The van der Waals surface area contributed by atoms with E-state index in [4.69, 9.17) is 0 Å². The highest BCUT2D eigenvalue weighted by Gasteiger charge is 2.48.